The van der Waals surface area contributed by atoms with E-state index >= 15 is 0 Å². The molecule has 134 valence electrons. The monoisotopic (exact) mass is 340 g/mol. The van der Waals surface area contributed by atoms with Crippen molar-refractivity contribution in [1.29, 1.82) is 0 Å². The van der Waals surface area contributed by atoms with E-state index in [4.69, 9.17) is 9.47 Å². The zero-order valence-corrected chi connectivity index (χ0v) is 14.5. The van der Waals surface area contributed by atoms with Gasteiger partial charge in [0.1, 0.15) is 5.75 Å². The first-order valence-electron chi connectivity index (χ1n) is 7.77. The van der Waals surface area contributed by atoms with Crippen LogP contribution in [0.15, 0.2) is 24.3 Å². The lowest BCUT2D eigenvalue weighted by Gasteiger charge is -2.16. The third-order valence-corrected chi connectivity index (χ3v) is 2.69. The van der Waals surface area contributed by atoms with E-state index in [0.29, 0.717) is 12.4 Å². The van der Waals surface area contributed by atoms with Crippen molar-refractivity contribution >= 4 is 12.1 Å². The van der Waals surface area contributed by atoms with Crippen molar-refractivity contribution in [3.05, 3.63) is 29.8 Å². The first-order valence-corrected chi connectivity index (χ1v) is 7.77. The molecule has 0 bridgehead atoms. The van der Waals surface area contributed by atoms with Crippen molar-refractivity contribution < 1.29 is 33.9 Å². The zero-order valence-electron chi connectivity index (χ0n) is 14.5. The molecule has 1 aromatic carbocycles. The number of hydrogen-bond acceptors (Lipinski definition) is 7. The molecular weight excluding hydrogens is 316 g/mol. The molecule has 0 amide bonds. The third kappa shape index (κ3) is 8.38. The van der Waals surface area contributed by atoms with Crippen molar-refractivity contribution in [1.82, 2.24) is 0 Å². The van der Waals surface area contributed by atoms with Crippen LogP contribution in [0.1, 0.15) is 50.9 Å². The van der Waals surface area contributed by atoms with E-state index in [9.17, 15) is 9.59 Å². The summed E-state index contributed by atoms with van der Waals surface area (Å²) >= 11 is 0. The Morgan fingerprint density at radius 1 is 1.04 bits per heavy atom. The maximum atomic E-state index is 11.7. The first-order chi connectivity index (χ1) is 11.3. The second kappa shape index (κ2) is 9.77. The van der Waals surface area contributed by atoms with Crippen molar-refractivity contribution in [2.75, 3.05) is 13.2 Å². The van der Waals surface area contributed by atoms with Crippen LogP contribution in [0.4, 0.5) is 4.79 Å². The van der Waals surface area contributed by atoms with Crippen LogP contribution in [-0.2, 0) is 19.6 Å². The van der Waals surface area contributed by atoms with E-state index in [1.165, 1.54) is 12.1 Å². The molecular formula is C17H24O7. The Balaban J connectivity index is 2.31. The molecule has 1 rings (SSSR count). The van der Waals surface area contributed by atoms with Crippen LogP contribution in [0, 0.1) is 5.41 Å². The fourth-order valence-electron chi connectivity index (χ4n) is 1.44. The molecule has 7 nitrogen and oxygen atoms in total. The summed E-state index contributed by atoms with van der Waals surface area (Å²) in [6.45, 7) is 8.49. The van der Waals surface area contributed by atoms with Gasteiger partial charge in [0.05, 0.1) is 23.8 Å². The maximum absolute atomic E-state index is 11.7. The fourth-order valence-corrected chi connectivity index (χ4v) is 1.44. The molecule has 0 saturated heterocycles. The molecule has 1 aromatic rings. The predicted octanol–water partition coefficient (Wildman–Crippen LogP) is 4.07. The summed E-state index contributed by atoms with van der Waals surface area (Å²) in [6, 6.07) is 6.32. The average molecular weight is 340 g/mol. The number of benzene rings is 1. The van der Waals surface area contributed by atoms with Gasteiger partial charge < -0.3 is 9.47 Å². The largest absolute Gasteiger partial charge is 0.543 e. The van der Waals surface area contributed by atoms with Gasteiger partial charge in [-0.2, -0.15) is 0 Å². The molecule has 0 spiro atoms. The lowest BCUT2D eigenvalue weighted by molar-refractivity contribution is -0.452. The summed E-state index contributed by atoms with van der Waals surface area (Å²) in [5.41, 5.74) is 0.0147. The van der Waals surface area contributed by atoms with Crippen LogP contribution in [-0.4, -0.2) is 25.3 Å². The van der Waals surface area contributed by atoms with E-state index in [-0.39, 0.29) is 17.6 Å². The average Bonchev–Trinajstić information content (AvgIpc) is 2.53. The molecule has 0 unspecified atom stereocenters. The van der Waals surface area contributed by atoms with Gasteiger partial charge in [-0.3, -0.25) is 4.89 Å². The van der Waals surface area contributed by atoms with Crippen molar-refractivity contribution in [2.24, 2.45) is 5.41 Å². The topological polar surface area (TPSA) is 80.3 Å². The standard InChI is InChI=1S/C17H24O7/c1-5-6-11-20-14-9-7-13(8-10-14)15(18)22-24-23-16(19)21-12-17(2,3)4/h7-10H,5-6,11-12H2,1-4H3. The molecule has 24 heavy (non-hydrogen) atoms. The highest BCUT2D eigenvalue weighted by Crippen LogP contribution is 2.14. The number of unbranched alkanes of at least 4 members (excludes halogenated alkanes) is 1. The van der Waals surface area contributed by atoms with E-state index in [1.54, 1.807) is 12.1 Å². The third-order valence-electron chi connectivity index (χ3n) is 2.69. The van der Waals surface area contributed by atoms with Crippen molar-refractivity contribution in [3.8, 4) is 5.75 Å². The number of ether oxygens (including phenoxy) is 2. The van der Waals surface area contributed by atoms with E-state index in [0.717, 1.165) is 12.8 Å². The second-order valence-electron chi connectivity index (χ2n) is 6.35. The summed E-state index contributed by atoms with van der Waals surface area (Å²) in [6.07, 6.45) is 0.914. The number of carbonyl (C=O) groups is 2. The number of hydrogen-bond donors (Lipinski definition) is 0. The van der Waals surface area contributed by atoms with E-state index in [1.807, 2.05) is 20.8 Å². The molecule has 0 aromatic heterocycles. The van der Waals surface area contributed by atoms with Gasteiger partial charge in [0.15, 0.2) is 0 Å². The Morgan fingerprint density at radius 2 is 1.71 bits per heavy atom. The van der Waals surface area contributed by atoms with E-state index < -0.39 is 12.1 Å². The first kappa shape index (κ1) is 19.8. The highest BCUT2D eigenvalue weighted by Gasteiger charge is 2.16. The molecule has 0 aliphatic carbocycles. The molecule has 0 fully saturated rings. The molecule has 0 N–H and O–H groups in total. The van der Waals surface area contributed by atoms with Gasteiger partial charge in [0, 0.05) is 0 Å². The van der Waals surface area contributed by atoms with Crippen LogP contribution < -0.4 is 4.74 Å². The molecule has 0 heterocycles. The van der Waals surface area contributed by atoms with Crippen LogP contribution >= 0.6 is 0 Å². The summed E-state index contributed by atoms with van der Waals surface area (Å²) in [5, 5.41) is 4.13. The van der Waals surface area contributed by atoms with Gasteiger partial charge in [0.2, 0.25) is 0 Å². The van der Waals surface area contributed by atoms with Gasteiger partial charge in [-0.1, -0.05) is 34.1 Å². The smallest absolute Gasteiger partial charge is 0.494 e. The summed E-state index contributed by atoms with van der Waals surface area (Å²) in [5.74, 6) is -0.151. The Kier molecular flexibility index (Phi) is 8.05. The predicted molar refractivity (Wildman–Crippen MR) is 85.2 cm³/mol. The molecule has 0 radical (unpaired) electrons. The van der Waals surface area contributed by atoms with Crippen LogP contribution in [0.3, 0.4) is 0 Å². The van der Waals surface area contributed by atoms with Crippen LogP contribution in [0.25, 0.3) is 0 Å². The Bertz CT molecular complexity index is 517. The van der Waals surface area contributed by atoms with E-state index in [2.05, 4.69) is 21.7 Å². The summed E-state index contributed by atoms with van der Waals surface area (Å²) in [4.78, 5) is 31.5. The highest BCUT2D eigenvalue weighted by atomic mass is 17.5. The van der Waals surface area contributed by atoms with Gasteiger partial charge in [-0.05, 0) is 36.1 Å². The normalized spacial score (nSPS) is 10.8. The Hall–Kier alpha value is -2.28. The quantitative estimate of drug-likeness (QED) is 0.305. The SMILES string of the molecule is CCCCOc1ccc(C(=O)OOOC(=O)OCC(C)(C)C)cc1. The minimum atomic E-state index is -1.09. The van der Waals surface area contributed by atoms with Gasteiger partial charge in [0.25, 0.3) is 0 Å². The minimum Gasteiger partial charge on any atom is -0.494 e. The molecule has 0 aliphatic heterocycles. The summed E-state index contributed by atoms with van der Waals surface area (Å²) in [7, 11) is 0. The second-order valence-corrected chi connectivity index (χ2v) is 6.35. The fraction of sp³-hybridized carbons (Fsp3) is 0.529. The highest BCUT2D eigenvalue weighted by molar-refractivity contribution is 5.89. The molecule has 7 heteroatoms. The minimum absolute atomic E-state index is 0.142. The molecule has 0 atom stereocenters. The van der Waals surface area contributed by atoms with Gasteiger partial charge in [-0.25, -0.2) is 14.5 Å². The molecule has 0 saturated carbocycles. The Morgan fingerprint density at radius 3 is 2.29 bits per heavy atom. The molecule has 0 aliphatic rings. The van der Waals surface area contributed by atoms with Gasteiger partial charge >= 0.3 is 12.1 Å². The number of carbonyl (C=O) groups excluding carboxylic acids is 2. The van der Waals surface area contributed by atoms with Gasteiger partial charge in [-0.15, -0.1) is 0 Å². The maximum Gasteiger partial charge on any atom is 0.543 e. The zero-order chi connectivity index (χ0) is 18.0. The van der Waals surface area contributed by atoms with Crippen molar-refractivity contribution in [3.63, 3.8) is 0 Å². The van der Waals surface area contributed by atoms with Crippen LogP contribution in [0.5, 0.6) is 5.75 Å². The lowest BCUT2D eigenvalue weighted by Crippen LogP contribution is -2.19. The Labute approximate surface area is 141 Å². The van der Waals surface area contributed by atoms with Crippen molar-refractivity contribution in [2.45, 2.75) is 40.5 Å². The number of rotatable bonds is 8. The lowest BCUT2D eigenvalue weighted by atomic mass is 9.99. The summed E-state index contributed by atoms with van der Waals surface area (Å²) < 4.78 is 10.2. The van der Waals surface area contributed by atoms with Crippen LogP contribution in [0.2, 0.25) is 0 Å².